The first kappa shape index (κ1) is 23.1. The fourth-order valence-corrected chi connectivity index (χ4v) is 3.12. The number of halogens is 1. The van der Waals surface area contributed by atoms with Gasteiger partial charge in [-0.2, -0.15) is 0 Å². The lowest BCUT2D eigenvalue weighted by Gasteiger charge is -2.37. The van der Waals surface area contributed by atoms with Gasteiger partial charge in [-0.1, -0.05) is 12.1 Å². The molecule has 1 N–H and O–H groups in total. The molecule has 1 aliphatic heterocycles. The second kappa shape index (κ2) is 12.4. The Labute approximate surface area is 190 Å². The normalized spacial score (nSPS) is 14.2. The molecule has 0 saturated carbocycles. The van der Waals surface area contributed by atoms with Crippen LogP contribution in [0, 0.1) is 0 Å². The van der Waals surface area contributed by atoms with Crippen LogP contribution in [0.1, 0.15) is 6.92 Å². The summed E-state index contributed by atoms with van der Waals surface area (Å²) in [6.07, 6.45) is 1.84. The van der Waals surface area contributed by atoms with Crippen LogP contribution < -0.4 is 19.7 Å². The van der Waals surface area contributed by atoms with Crippen molar-refractivity contribution in [3.8, 4) is 11.5 Å². The molecule has 0 amide bonds. The van der Waals surface area contributed by atoms with Crippen LogP contribution in [-0.4, -0.2) is 68.8 Å². The van der Waals surface area contributed by atoms with Gasteiger partial charge in [0.25, 0.3) is 0 Å². The van der Waals surface area contributed by atoms with Crippen LogP contribution in [0.15, 0.2) is 53.7 Å². The van der Waals surface area contributed by atoms with Gasteiger partial charge in [0, 0.05) is 45.0 Å². The van der Waals surface area contributed by atoms with Gasteiger partial charge in [-0.05, 0) is 31.2 Å². The molecular weight excluding hydrogens is 481 g/mol. The van der Waals surface area contributed by atoms with E-state index >= 15 is 0 Å². The van der Waals surface area contributed by atoms with E-state index in [0.29, 0.717) is 13.2 Å². The average molecular weight is 511 g/mol. The largest absolute Gasteiger partial charge is 0.497 e. The Morgan fingerprint density at radius 2 is 1.90 bits per heavy atom. The van der Waals surface area contributed by atoms with Crippen molar-refractivity contribution < 1.29 is 9.47 Å². The molecule has 0 spiro atoms. The third kappa shape index (κ3) is 6.95. The van der Waals surface area contributed by atoms with Crippen molar-refractivity contribution in [3.05, 3.63) is 48.7 Å². The smallest absolute Gasteiger partial charge is 0.194 e. The number of anilines is 1. The monoisotopic (exact) mass is 511 g/mol. The van der Waals surface area contributed by atoms with E-state index in [2.05, 4.69) is 33.1 Å². The summed E-state index contributed by atoms with van der Waals surface area (Å²) in [6, 6.07) is 13.7. The minimum atomic E-state index is 0. The summed E-state index contributed by atoms with van der Waals surface area (Å²) in [4.78, 5) is 13.8. The van der Waals surface area contributed by atoms with E-state index in [-0.39, 0.29) is 24.0 Å². The lowest BCUT2D eigenvalue weighted by Crippen LogP contribution is -2.52. The van der Waals surface area contributed by atoms with Crippen LogP contribution in [0.2, 0.25) is 0 Å². The van der Waals surface area contributed by atoms with Crippen molar-refractivity contribution in [3.63, 3.8) is 0 Å². The quantitative estimate of drug-likeness (QED) is 0.267. The Balaban J connectivity index is 0.00000300. The fraction of sp³-hybridized carbons (Fsp3) is 0.429. The summed E-state index contributed by atoms with van der Waals surface area (Å²) in [5.41, 5.74) is 0. The van der Waals surface area contributed by atoms with Crippen molar-refractivity contribution in [2.75, 3.05) is 57.9 Å². The van der Waals surface area contributed by atoms with E-state index in [0.717, 1.165) is 56.0 Å². The number of piperazine rings is 1. The number of nitrogens with one attached hydrogen (secondary N) is 1. The molecule has 0 bridgehead atoms. The first-order chi connectivity index (χ1) is 13.8. The minimum absolute atomic E-state index is 0. The van der Waals surface area contributed by atoms with E-state index in [9.17, 15) is 0 Å². The summed E-state index contributed by atoms with van der Waals surface area (Å²) >= 11 is 0. The molecular formula is C21H30IN5O2. The maximum Gasteiger partial charge on any atom is 0.194 e. The zero-order valence-corrected chi connectivity index (χ0v) is 19.4. The van der Waals surface area contributed by atoms with Crippen molar-refractivity contribution in [1.82, 2.24) is 15.2 Å². The SMILES string of the molecule is CCNC(=NCCOc1cccc(OC)c1)N1CCN(c2ccccn2)CC1.I. The number of aliphatic imine (C=N–C) groups is 1. The Kier molecular flexibility index (Phi) is 9.82. The number of nitrogens with zero attached hydrogens (tertiary/aromatic N) is 4. The molecule has 1 aliphatic rings. The second-order valence-corrected chi connectivity index (χ2v) is 6.43. The number of pyridine rings is 1. The van der Waals surface area contributed by atoms with E-state index in [1.807, 2.05) is 42.6 Å². The Morgan fingerprint density at radius 3 is 2.59 bits per heavy atom. The summed E-state index contributed by atoms with van der Waals surface area (Å²) in [5, 5.41) is 3.39. The topological polar surface area (TPSA) is 62.2 Å². The Hall–Kier alpha value is -2.23. The molecule has 0 atom stereocenters. The molecule has 1 aromatic carbocycles. The van der Waals surface area contributed by atoms with Crippen LogP contribution in [0.25, 0.3) is 0 Å². The van der Waals surface area contributed by atoms with Crippen LogP contribution in [0.3, 0.4) is 0 Å². The maximum absolute atomic E-state index is 5.79. The molecule has 2 heterocycles. The Bertz CT molecular complexity index is 752. The predicted octanol–water partition coefficient (Wildman–Crippen LogP) is 2.87. The van der Waals surface area contributed by atoms with E-state index in [1.54, 1.807) is 7.11 Å². The summed E-state index contributed by atoms with van der Waals surface area (Å²) in [7, 11) is 1.65. The van der Waals surface area contributed by atoms with Gasteiger partial charge in [0.15, 0.2) is 5.96 Å². The third-order valence-corrected chi connectivity index (χ3v) is 4.55. The molecule has 0 aliphatic carbocycles. The lowest BCUT2D eigenvalue weighted by atomic mass is 10.3. The highest BCUT2D eigenvalue weighted by molar-refractivity contribution is 14.0. The first-order valence-electron chi connectivity index (χ1n) is 9.76. The first-order valence-corrected chi connectivity index (χ1v) is 9.76. The van der Waals surface area contributed by atoms with Gasteiger partial charge in [0.05, 0.1) is 13.7 Å². The predicted molar refractivity (Wildman–Crippen MR) is 128 cm³/mol. The van der Waals surface area contributed by atoms with Gasteiger partial charge in [0.2, 0.25) is 0 Å². The highest BCUT2D eigenvalue weighted by atomic mass is 127. The second-order valence-electron chi connectivity index (χ2n) is 6.43. The maximum atomic E-state index is 5.79. The van der Waals surface area contributed by atoms with Crippen molar-refractivity contribution in [2.24, 2.45) is 4.99 Å². The number of aromatic nitrogens is 1. The average Bonchev–Trinajstić information content (AvgIpc) is 2.77. The van der Waals surface area contributed by atoms with Crippen molar-refractivity contribution >= 4 is 35.8 Å². The fourth-order valence-electron chi connectivity index (χ4n) is 3.12. The van der Waals surface area contributed by atoms with Crippen LogP contribution in [0.5, 0.6) is 11.5 Å². The molecule has 0 unspecified atom stereocenters. The third-order valence-electron chi connectivity index (χ3n) is 4.55. The van der Waals surface area contributed by atoms with Gasteiger partial charge in [0.1, 0.15) is 23.9 Å². The highest BCUT2D eigenvalue weighted by Crippen LogP contribution is 2.18. The van der Waals surface area contributed by atoms with E-state index in [4.69, 9.17) is 14.5 Å². The van der Waals surface area contributed by atoms with Crippen LogP contribution in [-0.2, 0) is 0 Å². The molecule has 1 fully saturated rings. The molecule has 1 saturated heterocycles. The molecule has 3 rings (SSSR count). The summed E-state index contributed by atoms with van der Waals surface area (Å²) in [6.45, 7) is 7.75. The molecule has 2 aromatic rings. The minimum Gasteiger partial charge on any atom is -0.497 e. The van der Waals surface area contributed by atoms with Gasteiger partial charge >= 0.3 is 0 Å². The van der Waals surface area contributed by atoms with Gasteiger partial charge in [-0.15, -0.1) is 24.0 Å². The van der Waals surface area contributed by atoms with Crippen LogP contribution in [0.4, 0.5) is 5.82 Å². The highest BCUT2D eigenvalue weighted by Gasteiger charge is 2.20. The van der Waals surface area contributed by atoms with Gasteiger partial charge in [-0.3, -0.25) is 0 Å². The molecule has 158 valence electrons. The molecule has 1 aromatic heterocycles. The van der Waals surface area contributed by atoms with Gasteiger partial charge in [-0.25, -0.2) is 9.98 Å². The van der Waals surface area contributed by atoms with E-state index < -0.39 is 0 Å². The van der Waals surface area contributed by atoms with Crippen LogP contribution >= 0.6 is 24.0 Å². The van der Waals surface area contributed by atoms with E-state index in [1.165, 1.54) is 0 Å². The van der Waals surface area contributed by atoms with Gasteiger partial charge < -0.3 is 24.6 Å². The van der Waals surface area contributed by atoms with Crippen molar-refractivity contribution in [2.45, 2.75) is 6.92 Å². The number of methoxy groups -OCH3 is 1. The number of hydrogen-bond acceptors (Lipinski definition) is 5. The zero-order chi connectivity index (χ0) is 19.6. The zero-order valence-electron chi connectivity index (χ0n) is 17.1. The lowest BCUT2D eigenvalue weighted by molar-refractivity contribution is 0.322. The number of ether oxygens (including phenoxy) is 2. The number of hydrogen-bond donors (Lipinski definition) is 1. The number of guanidine groups is 1. The summed E-state index contributed by atoms with van der Waals surface area (Å²) in [5.74, 6) is 3.57. The number of rotatable bonds is 7. The molecule has 0 radical (unpaired) electrons. The van der Waals surface area contributed by atoms with Crippen molar-refractivity contribution in [1.29, 1.82) is 0 Å². The molecule has 29 heavy (non-hydrogen) atoms. The summed E-state index contributed by atoms with van der Waals surface area (Å²) < 4.78 is 11.0. The Morgan fingerprint density at radius 1 is 1.10 bits per heavy atom. The standard InChI is InChI=1S/C21H29N5O2.HI/c1-3-22-21(24-11-16-28-19-8-6-7-18(17-19)27-2)26-14-12-25(13-15-26)20-9-4-5-10-23-20;/h4-10,17H,3,11-16H2,1-2H3,(H,22,24);1H. The molecule has 7 nitrogen and oxygen atoms in total. The number of benzene rings is 1. The molecule has 8 heteroatoms.